The maximum atomic E-state index is 10.2. The second kappa shape index (κ2) is 29.1. The molecule has 0 fully saturated rings. The normalized spacial score (nSPS) is 12.6. The number of hydrogen-bond acceptors (Lipinski definition) is 4. The third-order valence-corrected chi connectivity index (χ3v) is 5.99. The Morgan fingerprint density at radius 2 is 0.704 bits per heavy atom. The summed E-state index contributed by atoms with van der Waals surface area (Å²) in [6.07, 6.45) is 20.3. The van der Waals surface area contributed by atoms with Gasteiger partial charge in [-0.1, -0.05) is 104 Å². The van der Waals surface area contributed by atoms with E-state index in [1.54, 1.807) is 0 Å². The first-order chi connectivity index (χ1) is 12.5. The average molecular weight is 469 g/mol. The van der Waals surface area contributed by atoms with Crippen LogP contribution in [0.25, 0.3) is 0 Å². The first kappa shape index (κ1) is 32.5. The van der Waals surface area contributed by atoms with Gasteiger partial charge in [0.05, 0.1) is 0 Å². The molecule has 0 saturated heterocycles. The van der Waals surface area contributed by atoms with Crippen LogP contribution in [0.3, 0.4) is 0 Å². The first-order valence-electron chi connectivity index (χ1n) is 10.9. The molecule has 2 unspecified atom stereocenters. The Hall–Kier alpha value is 0.874. The van der Waals surface area contributed by atoms with E-state index in [0.717, 1.165) is 25.7 Å². The van der Waals surface area contributed by atoms with Crippen molar-refractivity contribution in [3.05, 3.63) is 0 Å². The van der Waals surface area contributed by atoms with E-state index < -0.39 is 16.1 Å². The zero-order chi connectivity index (χ0) is 19.9. The number of hydrogen-bond donors (Lipinski definition) is 0. The van der Waals surface area contributed by atoms with Gasteiger partial charge in [0.2, 0.25) is 0 Å². The van der Waals surface area contributed by atoms with E-state index in [0.29, 0.717) is 12.3 Å². The summed E-state index contributed by atoms with van der Waals surface area (Å²) in [6, 6.07) is 0. The monoisotopic (exact) mass is 468 g/mol. The van der Waals surface area contributed by atoms with Gasteiger partial charge in [-0.05, 0) is 25.2 Å². The van der Waals surface area contributed by atoms with Crippen LogP contribution in [0.2, 0.25) is 0 Å². The van der Waals surface area contributed by atoms with Crippen LogP contribution in [-0.4, -0.2) is 12.3 Å². The fraction of sp³-hybridized carbons (Fsp3) is 1.00. The van der Waals surface area contributed by atoms with E-state index in [9.17, 15) is 18.9 Å². The zero-order valence-corrected chi connectivity index (χ0v) is 20.7. The van der Waals surface area contributed by atoms with Crippen molar-refractivity contribution in [3.8, 4) is 0 Å². The SMILES string of the molecule is CCCCCCCCCC[PH](=O)[O-].CCCCCCCCCC[PH](=O)[O-].[Ni+2]. The van der Waals surface area contributed by atoms with Crippen LogP contribution in [0.15, 0.2) is 0 Å². The number of rotatable bonds is 18. The van der Waals surface area contributed by atoms with Crippen LogP contribution in [0.1, 0.15) is 117 Å². The standard InChI is InChI=1S/2C10H23O2P.Ni/c2*1-2-3-4-5-6-7-8-9-10-13(11)12;/h2*13H,2-10H2,1H3,(H,11,12);/q;;+2/p-2. The summed E-state index contributed by atoms with van der Waals surface area (Å²) in [5.74, 6) is 0. The van der Waals surface area contributed by atoms with Gasteiger partial charge in [-0.25, -0.2) is 0 Å². The Balaban J connectivity index is -0.000000411. The Labute approximate surface area is 180 Å². The minimum atomic E-state index is -2.44. The molecule has 7 heteroatoms. The summed E-state index contributed by atoms with van der Waals surface area (Å²) < 4.78 is 20.5. The maximum absolute atomic E-state index is 10.2. The molecule has 4 nitrogen and oxygen atoms in total. The quantitative estimate of drug-likeness (QED) is 0.142. The molecule has 0 rings (SSSR count). The fourth-order valence-electron chi connectivity index (χ4n) is 2.81. The zero-order valence-electron chi connectivity index (χ0n) is 17.7. The average Bonchev–Trinajstić information content (AvgIpc) is 2.60. The van der Waals surface area contributed by atoms with Crippen LogP contribution in [-0.2, 0) is 25.6 Å². The van der Waals surface area contributed by atoms with Gasteiger partial charge in [0, 0.05) is 16.1 Å². The van der Waals surface area contributed by atoms with E-state index >= 15 is 0 Å². The molecule has 0 aromatic heterocycles. The van der Waals surface area contributed by atoms with Crippen molar-refractivity contribution >= 4 is 16.1 Å². The minimum absolute atomic E-state index is 0. The predicted octanol–water partition coefficient (Wildman–Crippen LogP) is 5.92. The van der Waals surface area contributed by atoms with Gasteiger partial charge in [-0.2, -0.15) is 0 Å². The van der Waals surface area contributed by atoms with Gasteiger partial charge >= 0.3 is 16.5 Å². The molecule has 0 saturated carbocycles. The second-order valence-electron chi connectivity index (χ2n) is 7.19. The third kappa shape index (κ3) is 38.2. The molecule has 0 aromatic rings. The van der Waals surface area contributed by atoms with Gasteiger partial charge in [0.1, 0.15) is 0 Å². The third-order valence-electron chi connectivity index (χ3n) is 4.47. The largest absolute Gasteiger partial charge is 2.00 e. The van der Waals surface area contributed by atoms with E-state index in [-0.39, 0.29) is 16.5 Å². The number of unbranched alkanes of at least 4 members (excludes halogenated alkanes) is 14. The molecule has 0 N–H and O–H groups in total. The van der Waals surface area contributed by atoms with Crippen LogP contribution < -0.4 is 9.79 Å². The smallest absolute Gasteiger partial charge is 0.802 e. The van der Waals surface area contributed by atoms with Crippen molar-refractivity contribution in [2.45, 2.75) is 117 Å². The van der Waals surface area contributed by atoms with E-state index in [4.69, 9.17) is 0 Å². The molecule has 0 bridgehead atoms. The van der Waals surface area contributed by atoms with Crippen molar-refractivity contribution in [2.75, 3.05) is 12.3 Å². The molecule has 0 heterocycles. The summed E-state index contributed by atoms with van der Waals surface area (Å²) in [5, 5.41) is 0. The van der Waals surface area contributed by atoms with Gasteiger partial charge in [0.15, 0.2) is 0 Å². The van der Waals surface area contributed by atoms with E-state index in [1.807, 2.05) is 0 Å². The topological polar surface area (TPSA) is 80.3 Å². The minimum Gasteiger partial charge on any atom is -0.802 e. The summed E-state index contributed by atoms with van der Waals surface area (Å²) in [6.45, 7) is 4.43. The molecule has 0 aliphatic heterocycles. The molecule has 168 valence electrons. The van der Waals surface area contributed by atoms with Crippen LogP contribution >= 0.6 is 16.1 Å². The Kier molecular flexibility index (Phi) is 35.0. The fourth-order valence-corrected chi connectivity index (χ4v) is 3.88. The van der Waals surface area contributed by atoms with Crippen molar-refractivity contribution in [3.63, 3.8) is 0 Å². The Morgan fingerprint density at radius 3 is 0.926 bits per heavy atom. The maximum Gasteiger partial charge on any atom is 2.00 e. The molecule has 0 aliphatic carbocycles. The summed E-state index contributed by atoms with van der Waals surface area (Å²) in [5.41, 5.74) is 0. The summed E-state index contributed by atoms with van der Waals surface area (Å²) in [7, 11) is -4.87. The first-order valence-corrected chi connectivity index (χ1v) is 14.0. The van der Waals surface area contributed by atoms with Crippen LogP contribution in [0.5, 0.6) is 0 Å². The van der Waals surface area contributed by atoms with Crippen molar-refractivity contribution in [1.29, 1.82) is 0 Å². The molecule has 2 atom stereocenters. The van der Waals surface area contributed by atoms with E-state index in [1.165, 1.54) is 77.0 Å². The van der Waals surface area contributed by atoms with Crippen LogP contribution in [0.4, 0.5) is 0 Å². The van der Waals surface area contributed by atoms with Crippen LogP contribution in [0, 0.1) is 0 Å². The Morgan fingerprint density at radius 1 is 0.481 bits per heavy atom. The van der Waals surface area contributed by atoms with Crippen molar-refractivity contribution in [2.24, 2.45) is 0 Å². The molecular formula is C20H44NiO4P2. The summed E-state index contributed by atoms with van der Waals surface area (Å²) >= 11 is 0. The molecule has 0 spiro atoms. The molecule has 0 aromatic carbocycles. The second-order valence-corrected chi connectivity index (χ2v) is 9.68. The molecule has 27 heavy (non-hydrogen) atoms. The van der Waals surface area contributed by atoms with Crippen molar-refractivity contribution < 1.29 is 35.4 Å². The molecule has 0 radical (unpaired) electrons. The van der Waals surface area contributed by atoms with E-state index in [2.05, 4.69) is 13.8 Å². The molecule has 0 aliphatic rings. The van der Waals surface area contributed by atoms with Gasteiger partial charge in [-0.15, -0.1) is 0 Å². The Bertz CT molecular complexity index is 288. The molecule has 0 amide bonds. The van der Waals surface area contributed by atoms with Gasteiger partial charge in [0.25, 0.3) is 0 Å². The van der Waals surface area contributed by atoms with Crippen molar-refractivity contribution in [1.82, 2.24) is 0 Å². The molecular weight excluding hydrogens is 425 g/mol. The predicted molar refractivity (Wildman–Crippen MR) is 113 cm³/mol. The van der Waals surface area contributed by atoms with Gasteiger partial charge < -0.3 is 18.9 Å². The van der Waals surface area contributed by atoms with Gasteiger partial charge in [-0.3, -0.25) is 0 Å². The summed E-state index contributed by atoms with van der Waals surface area (Å²) in [4.78, 5) is 20.5.